The Balaban J connectivity index is 3.03. The predicted octanol–water partition coefficient (Wildman–Crippen LogP) is 2.41. The van der Waals surface area contributed by atoms with Gasteiger partial charge in [-0.2, -0.15) is 0 Å². The van der Waals surface area contributed by atoms with Crippen LogP contribution in [0.15, 0.2) is 24.3 Å². The summed E-state index contributed by atoms with van der Waals surface area (Å²) in [4.78, 5) is 13.6. The number of amides is 1. The van der Waals surface area contributed by atoms with Crippen molar-refractivity contribution in [1.29, 1.82) is 0 Å². The van der Waals surface area contributed by atoms with Gasteiger partial charge in [-0.15, -0.1) is 0 Å². The molecule has 0 spiro atoms. The SMILES string of the molecule is Cc1ccccc1N(CC[O])C(=O)C(C)C. The first-order chi connectivity index (χ1) is 7.57. The van der Waals surface area contributed by atoms with Gasteiger partial charge >= 0.3 is 0 Å². The van der Waals surface area contributed by atoms with Gasteiger partial charge in [-0.1, -0.05) is 32.0 Å². The molecule has 0 aliphatic carbocycles. The van der Waals surface area contributed by atoms with Crippen LogP contribution in [0.25, 0.3) is 0 Å². The molecule has 0 aromatic heterocycles. The third-order valence-corrected chi connectivity index (χ3v) is 2.48. The molecule has 0 N–H and O–H groups in total. The van der Waals surface area contributed by atoms with Gasteiger partial charge in [-0.3, -0.25) is 4.79 Å². The number of hydrogen-bond donors (Lipinski definition) is 0. The fraction of sp³-hybridized carbons (Fsp3) is 0.462. The van der Waals surface area contributed by atoms with E-state index in [4.69, 9.17) is 0 Å². The van der Waals surface area contributed by atoms with Gasteiger partial charge in [0, 0.05) is 11.6 Å². The molecule has 1 rings (SSSR count). The number of para-hydroxylation sites is 1. The first-order valence-electron chi connectivity index (χ1n) is 5.53. The van der Waals surface area contributed by atoms with Crippen molar-refractivity contribution in [3.05, 3.63) is 29.8 Å². The van der Waals surface area contributed by atoms with Crippen LogP contribution < -0.4 is 4.90 Å². The molecule has 0 heterocycles. The average Bonchev–Trinajstić information content (AvgIpc) is 2.26. The Morgan fingerprint density at radius 2 is 1.94 bits per heavy atom. The number of carbonyl (C=O) groups is 1. The maximum Gasteiger partial charge on any atom is 0.229 e. The van der Waals surface area contributed by atoms with Crippen molar-refractivity contribution in [3.63, 3.8) is 0 Å². The second kappa shape index (κ2) is 5.66. The van der Waals surface area contributed by atoms with Crippen molar-refractivity contribution < 1.29 is 9.90 Å². The van der Waals surface area contributed by atoms with Crippen LogP contribution in [0.2, 0.25) is 0 Å². The molecule has 0 aliphatic heterocycles. The molecular weight excluding hydrogens is 202 g/mol. The quantitative estimate of drug-likeness (QED) is 0.768. The molecule has 1 radical (unpaired) electrons. The standard InChI is InChI=1S/C13H18NO2/c1-10(2)13(16)14(8-9-15)12-7-5-4-6-11(12)3/h4-7,10H,8-9H2,1-3H3. The zero-order valence-electron chi connectivity index (χ0n) is 10.1. The fourth-order valence-electron chi connectivity index (χ4n) is 1.62. The van der Waals surface area contributed by atoms with Crippen LogP contribution in [0.4, 0.5) is 5.69 Å². The van der Waals surface area contributed by atoms with Crippen LogP contribution in [0.5, 0.6) is 0 Å². The fourth-order valence-corrected chi connectivity index (χ4v) is 1.62. The van der Waals surface area contributed by atoms with Crippen LogP contribution in [0, 0.1) is 12.8 Å². The normalized spacial score (nSPS) is 10.6. The van der Waals surface area contributed by atoms with Gasteiger partial charge in [-0.25, -0.2) is 5.11 Å². The molecule has 87 valence electrons. The number of hydrogen-bond acceptors (Lipinski definition) is 1. The second-order valence-electron chi connectivity index (χ2n) is 4.14. The molecule has 0 atom stereocenters. The summed E-state index contributed by atoms with van der Waals surface area (Å²) in [5.41, 5.74) is 1.86. The molecule has 0 saturated heterocycles. The monoisotopic (exact) mass is 220 g/mol. The molecule has 3 heteroatoms. The molecule has 3 nitrogen and oxygen atoms in total. The summed E-state index contributed by atoms with van der Waals surface area (Å²) in [6.07, 6.45) is 0. The Morgan fingerprint density at radius 1 is 1.31 bits per heavy atom. The van der Waals surface area contributed by atoms with E-state index in [1.807, 2.05) is 45.0 Å². The predicted molar refractivity (Wildman–Crippen MR) is 63.9 cm³/mol. The summed E-state index contributed by atoms with van der Waals surface area (Å²) in [7, 11) is 0. The molecule has 0 fully saturated rings. The Bertz CT molecular complexity index is 361. The van der Waals surface area contributed by atoms with Crippen molar-refractivity contribution in [2.45, 2.75) is 20.8 Å². The number of carbonyl (C=O) groups excluding carboxylic acids is 1. The summed E-state index contributed by atoms with van der Waals surface area (Å²) in [6, 6.07) is 7.63. The van der Waals surface area contributed by atoms with Crippen molar-refractivity contribution in [3.8, 4) is 0 Å². The van der Waals surface area contributed by atoms with Crippen LogP contribution in [0.1, 0.15) is 19.4 Å². The minimum atomic E-state index is -0.271. The molecule has 1 aromatic rings. The third-order valence-electron chi connectivity index (χ3n) is 2.48. The summed E-state index contributed by atoms with van der Waals surface area (Å²) >= 11 is 0. The van der Waals surface area contributed by atoms with E-state index in [1.165, 1.54) is 0 Å². The molecule has 0 unspecified atom stereocenters. The van der Waals surface area contributed by atoms with Gasteiger partial charge in [0.2, 0.25) is 5.91 Å². The molecular formula is C13H18NO2. The van der Waals surface area contributed by atoms with Gasteiger partial charge in [0.25, 0.3) is 0 Å². The second-order valence-corrected chi connectivity index (χ2v) is 4.14. The summed E-state index contributed by atoms with van der Waals surface area (Å²) in [5, 5.41) is 10.8. The van der Waals surface area contributed by atoms with Crippen molar-refractivity contribution in [2.75, 3.05) is 18.1 Å². The maximum atomic E-state index is 12.0. The van der Waals surface area contributed by atoms with Crippen LogP contribution in [-0.2, 0) is 9.90 Å². The lowest BCUT2D eigenvalue weighted by Gasteiger charge is -2.25. The molecule has 16 heavy (non-hydrogen) atoms. The van der Waals surface area contributed by atoms with E-state index in [1.54, 1.807) is 4.90 Å². The number of aryl methyl sites for hydroxylation is 1. The van der Waals surface area contributed by atoms with E-state index in [9.17, 15) is 9.90 Å². The first-order valence-corrected chi connectivity index (χ1v) is 5.53. The highest BCUT2D eigenvalue weighted by atomic mass is 16.3. The summed E-state index contributed by atoms with van der Waals surface area (Å²) < 4.78 is 0. The van der Waals surface area contributed by atoms with Crippen molar-refractivity contribution in [2.24, 2.45) is 5.92 Å². The number of anilines is 1. The van der Waals surface area contributed by atoms with E-state index in [2.05, 4.69) is 0 Å². The van der Waals surface area contributed by atoms with Gasteiger partial charge in [0.15, 0.2) is 0 Å². The zero-order valence-corrected chi connectivity index (χ0v) is 10.1. The highest BCUT2D eigenvalue weighted by molar-refractivity contribution is 5.95. The Hall–Kier alpha value is -1.35. The molecule has 0 bridgehead atoms. The smallest absolute Gasteiger partial charge is 0.229 e. The molecule has 1 amide bonds. The Labute approximate surface area is 96.7 Å². The van der Waals surface area contributed by atoms with E-state index in [0.717, 1.165) is 11.3 Å². The molecule has 0 aliphatic rings. The lowest BCUT2D eigenvalue weighted by molar-refractivity contribution is -0.121. The average molecular weight is 220 g/mol. The zero-order chi connectivity index (χ0) is 12.1. The van der Waals surface area contributed by atoms with Crippen molar-refractivity contribution in [1.82, 2.24) is 0 Å². The van der Waals surface area contributed by atoms with Crippen LogP contribution in [0.3, 0.4) is 0 Å². The Kier molecular flexibility index (Phi) is 4.50. The van der Waals surface area contributed by atoms with Gasteiger partial charge in [-0.05, 0) is 18.6 Å². The number of benzene rings is 1. The van der Waals surface area contributed by atoms with E-state index in [-0.39, 0.29) is 25.0 Å². The number of nitrogens with zero attached hydrogens (tertiary/aromatic N) is 1. The maximum absolute atomic E-state index is 12.0. The largest absolute Gasteiger partial charge is 0.310 e. The van der Waals surface area contributed by atoms with E-state index < -0.39 is 0 Å². The summed E-state index contributed by atoms with van der Waals surface area (Å²) in [6.45, 7) is 5.60. The van der Waals surface area contributed by atoms with Crippen molar-refractivity contribution >= 4 is 11.6 Å². The lowest BCUT2D eigenvalue weighted by Crippen LogP contribution is -2.36. The first kappa shape index (κ1) is 12.7. The topological polar surface area (TPSA) is 40.2 Å². The van der Waals surface area contributed by atoms with Crippen LogP contribution in [-0.4, -0.2) is 19.1 Å². The minimum absolute atomic E-state index is 0.00477. The summed E-state index contributed by atoms with van der Waals surface area (Å²) in [5.74, 6) is -0.0868. The molecule has 1 aromatic carbocycles. The molecule has 0 saturated carbocycles. The highest BCUT2D eigenvalue weighted by Crippen LogP contribution is 2.20. The van der Waals surface area contributed by atoms with Gasteiger partial charge in [0.1, 0.15) is 6.61 Å². The number of rotatable bonds is 4. The van der Waals surface area contributed by atoms with Gasteiger partial charge < -0.3 is 4.90 Å². The highest BCUT2D eigenvalue weighted by Gasteiger charge is 2.19. The Morgan fingerprint density at radius 3 is 2.44 bits per heavy atom. The lowest BCUT2D eigenvalue weighted by atomic mass is 10.1. The minimum Gasteiger partial charge on any atom is -0.310 e. The van der Waals surface area contributed by atoms with Crippen LogP contribution >= 0.6 is 0 Å². The van der Waals surface area contributed by atoms with E-state index in [0.29, 0.717) is 0 Å². The third kappa shape index (κ3) is 2.83. The van der Waals surface area contributed by atoms with E-state index >= 15 is 0 Å². The van der Waals surface area contributed by atoms with Gasteiger partial charge in [0.05, 0.1) is 6.54 Å².